The number of nitro benzene ring substituents is 1. The number of Topliss-reactive ketones (excluding diaryl/α,β-unsaturated/α-hetero) is 3. The molecule has 15 nitrogen and oxygen atoms in total. The third-order valence-corrected chi connectivity index (χ3v) is 15.0. The molecule has 8 rings (SSSR count). The molecule has 3 aliphatic rings. The zero-order valence-corrected chi connectivity index (χ0v) is 43.8. The van der Waals surface area contributed by atoms with Crippen LogP contribution in [0.15, 0.2) is 174 Å². The number of ketones is 3. The number of nitro groups is 1. The number of carbonyl (C=O) groups is 3. The number of benzene rings is 2. The highest BCUT2D eigenvalue weighted by Gasteiger charge is 2.26. The summed E-state index contributed by atoms with van der Waals surface area (Å²) in [5.74, 6) is 2.24. The Hall–Kier alpha value is -7.28. The van der Waals surface area contributed by atoms with Gasteiger partial charge in [-0.25, -0.2) is 0 Å². The molecule has 0 atom stereocenters. The highest BCUT2D eigenvalue weighted by molar-refractivity contribution is 8.14. The summed E-state index contributed by atoms with van der Waals surface area (Å²) in [7, 11) is 0. The maximum absolute atomic E-state index is 12.3. The summed E-state index contributed by atoms with van der Waals surface area (Å²) in [6, 6.07) is 21.7. The van der Waals surface area contributed by atoms with Crippen molar-refractivity contribution in [1.82, 2.24) is 29.7 Å². The summed E-state index contributed by atoms with van der Waals surface area (Å²) in [5, 5.41) is 13.5. The maximum atomic E-state index is 12.3. The third kappa shape index (κ3) is 15.9. The van der Waals surface area contributed by atoms with Gasteiger partial charge < -0.3 is 14.7 Å². The average Bonchev–Trinajstić information content (AvgIpc) is 4.08. The number of pyridine rings is 3. The summed E-state index contributed by atoms with van der Waals surface area (Å²) < 4.78 is 0. The fourth-order valence-corrected chi connectivity index (χ4v) is 10.4. The van der Waals surface area contributed by atoms with Crippen molar-refractivity contribution in [3.63, 3.8) is 0 Å². The normalized spacial score (nSPS) is 15.8. The standard InChI is InChI=1S/C21H23N3OS.C20H20N4O3S.C14H15N3OS/c1-15-6-4-7-18(17(15)3)9-11-24-16(2)14-26-21(24)23-13-20(25)19-8-5-10-22-12-19;1-14-5-6-18(24(26)27)10-16(14)7-9-23-15(2)13-28-20(23)22-12-19(25)17-4-3-8-21-11-17;1-3-8-17-11(2)10-19-14(17)16-9-13(18)12-4-6-15-7-5-12/h4-8,10,12H,2,9,11,13-14H2,1,3H3;3-6,8,10-11H,2,7,9,12-13H2,1H3;3-7H,1-2,8-10H2. The van der Waals surface area contributed by atoms with E-state index in [1.807, 2.05) is 16.7 Å². The Balaban J connectivity index is 0.000000182. The number of thioether (sulfide) groups is 3. The molecule has 0 saturated carbocycles. The van der Waals surface area contributed by atoms with Crippen molar-refractivity contribution in [3.8, 4) is 0 Å². The quantitative estimate of drug-likeness (QED) is 0.0350. The largest absolute Gasteiger partial charge is 0.324 e. The first-order chi connectivity index (χ1) is 35.2. The Morgan fingerprint density at radius 3 is 1.60 bits per heavy atom. The average molecular weight is 1040 g/mol. The number of rotatable bonds is 18. The fraction of sp³-hybridized carbons (Fsp3) is 0.255. The number of amidine groups is 3. The van der Waals surface area contributed by atoms with Crippen LogP contribution in [0, 0.1) is 30.9 Å². The minimum atomic E-state index is -0.384. The molecule has 0 aliphatic carbocycles. The molecule has 0 spiro atoms. The molecule has 6 heterocycles. The van der Waals surface area contributed by atoms with Crippen LogP contribution < -0.4 is 0 Å². The van der Waals surface area contributed by atoms with Crippen LogP contribution >= 0.6 is 35.3 Å². The van der Waals surface area contributed by atoms with Gasteiger partial charge in [0.1, 0.15) is 19.6 Å². The van der Waals surface area contributed by atoms with E-state index in [9.17, 15) is 24.5 Å². The molecule has 0 N–H and O–H groups in total. The van der Waals surface area contributed by atoms with Crippen LogP contribution in [-0.2, 0) is 12.8 Å². The number of hydrogen-bond acceptors (Lipinski definition) is 14. The molecule has 3 aromatic heterocycles. The molecule has 5 aromatic rings. The molecule has 376 valence electrons. The van der Waals surface area contributed by atoms with Gasteiger partial charge in [-0.05, 0) is 97.8 Å². The second-order valence-corrected chi connectivity index (χ2v) is 19.6. The van der Waals surface area contributed by atoms with Crippen LogP contribution in [0.1, 0.15) is 58.9 Å². The van der Waals surface area contributed by atoms with Crippen LogP contribution in [0.25, 0.3) is 0 Å². The summed E-state index contributed by atoms with van der Waals surface area (Å²) >= 11 is 4.79. The Kier molecular flexibility index (Phi) is 20.7. The maximum Gasteiger partial charge on any atom is 0.269 e. The first-order valence-corrected chi connectivity index (χ1v) is 26.3. The van der Waals surface area contributed by atoms with E-state index >= 15 is 0 Å². The molecule has 0 amide bonds. The first-order valence-electron chi connectivity index (χ1n) is 23.3. The number of aryl methyl sites for hydroxylation is 2. The molecule has 0 unspecified atom stereocenters. The second kappa shape index (κ2) is 27.5. The van der Waals surface area contributed by atoms with Crippen LogP contribution in [0.4, 0.5) is 5.69 Å². The molecule has 0 radical (unpaired) electrons. The Labute approximate surface area is 439 Å². The second-order valence-electron chi connectivity index (χ2n) is 16.8. The number of aromatic nitrogens is 3. The van der Waals surface area contributed by atoms with Crippen molar-refractivity contribution < 1.29 is 19.3 Å². The molecule has 18 heteroatoms. The van der Waals surface area contributed by atoms with Crippen molar-refractivity contribution in [3.05, 3.63) is 214 Å². The Morgan fingerprint density at radius 1 is 0.616 bits per heavy atom. The molecule has 0 bridgehead atoms. The summed E-state index contributed by atoms with van der Waals surface area (Å²) in [6.45, 7) is 24.6. The molecule has 3 aliphatic heterocycles. The highest BCUT2D eigenvalue weighted by Crippen LogP contribution is 2.29. The fourth-order valence-electron chi connectivity index (χ4n) is 7.43. The highest BCUT2D eigenvalue weighted by atomic mass is 32.2. The number of aliphatic imine (C=N–C) groups is 3. The summed E-state index contributed by atoms with van der Waals surface area (Å²) in [5.41, 5.74) is 10.8. The number of carbonyl (C=O) groups excluding carboxylic acids is 3. The number of hydrogen-bond donors (Lipinski definition) is 0. The van der Waals surface area contributed by atoms with Crippen LogP contribution in [0.3, 0.4) is 0 Å². The summed E-state index contributed by atoms with van der Waals surface area (Å²) in [6.07, 6.45) is 13.0. The first kappa shape index (κ1) is 55.0. The third-order valence-electron chi connectivity index (χ3n) is 11.8. The van der Waals surface area contributed by atoms with E-state index in [0.717, 1.165) is 68.2 Å². The van der Waals surface area contributed by atoms with Gasteiger partial charge in [0, 0.05) is 120 Å². The monoisotopic (exact) mass is 1030 g/mol. The lowest BCUT2D eigenvalue weighted by atomic mass is 10.0. The van der Waals surface area contributed by atoms with Crippen LogP contribution in [0.2, 0.25) is 0 Å². The van der Waals surface area contributed by atoms with E-state index in [4.69, 9.17) is 0 Å². The van der Waals surface area contributed by atoms with E-state index in [1.54, 1.807) is 121 Å². The molecule has 3 saturated heterocycles. The zero-order valence-electron chi connectivity index (χ0n) is 41.3. The molecular formula is C55H58N10O5S3. The Bertz CT molecular complexity index is 2930. The smallest absolute Gasteiger partial charge is 0.269 e. The van der Waals surface area contributed by atoms with E-state index in [-0.39, 0.29) is 47.6 Å². The van der Waals surface area contributed by atoms with E-state index in [0.29, 0.717) is 42.0 Å². The molecule has 3 fully saturated rings. The topological polar surface area (TPSA) is 180 Å². The summed E-state index contributed by atoms with van der Waals surface area (Å²) in [4.78, 5) is 78.4. The van der Waals surface area contributed by atoms with Crippen molar-refractivity contribution in [2.45, 2.75) is 33.6 Å². The zero-order chi connectivity index (χ0) is 52.3. The lowest BCUT2D eigenvalue weighted by molar-refractivity contribution is -0.384. The minimum absolute atomic E-state index is 0.00781. The van der Waals surface area contributed by atoms with Gasteiger partial charge in [0.15, 0.2) is 32.9 Å². The minimum Gasteiger partial charge on any atom is -0.324 e. The van der Waals surface area contributed by atoms with Gasteiger partial charge in [-0.15, -0.1) is 6.58 Å². The SMILES string of the molecule is C=C1CSC(=NCC(=O)c2cccnc2)N1CCc1cc([N+](=O)[O-])ccc1C.C=C1CSC(=NCC(=O)c2cccnc2)N1CCc1cccc(C)c1C.C=CCN1C(=C)CSC1=NCC(=O)c1ccncc1. The van der Waals surface area contributed by atoms with E-state index in [1.165, 1.54) is 29.0 Å². The lowest BCUT2D eigenvalue weighted by Crippen LogP contribution is -2.26. The van der Waals surface area contributed by atoms with Crippen LogP contribution in [0.5, 0.6) is 0 Å². The van der Waals surface area contributed by atoms with E-state index < -0.39 is 0 Å². The van der Waals surface area contributed by atoms with Crippen molar-refractivity contribution in [2.24, 2.45) is 15.0 Å². The van der Waals surface area contributed by atoms with Gasteiger partial charge in [0.2, 0.25) is 0 Å². The molecular weight excluding hydrogens is 977 g/mol. The van der Waals surface area contributed by atoms with Crippen molar-refractivity contribution in [1.29, 1.82) is 0 Å². The van der Waals surface area contributed by atoms with Crippen molar-refractivity contribution >= 4 is 73.8 Å². The van der Waals surface area contributed by atoms with Gasteiger partial charge in [0.05, 0.1) is 4.92 Å². The van der Waals surface area contributed by atoms with Crippen molar-refractivity contribution in [2.75, 3.05) is 56.5 Å². The number of non-ortho nitro benzene ring substituents is 1. The van der Waals surface area contributed by atoms with E-state index in [2.05, 4.69) is 93.2 Å². The van der Waals surface area contributed by atoms with Gasteiger partial charge in [-0.1, -0.05) is 85.4 Å². The predicted molar refractivity (Wildman–Crippen MR) is 299 cm³/mol. The van der Waals surface area contributed by atoms with Gasteiger partial charge in [-0.2, -0.15) is 0 Å². The molecule has 2 aromatic carbocycles. The Morgan fingerprint density at radius 2 is 1.11 bits per heavy atom. The lowest BCUT2D eigenvalue weighted by Gasteiger charge is -2.20. The number of nitrogens with zero attached hydrogens (tertiary/aromatic N) is 10. The van der Waals surface area contributed by atoms with Gasteiger partial charge in [0.25, 0.3) is 5.69 Å². The van der Waals surface area contributed by atoms with Gasteiger partial charge >= 0.3 is 0 Å². The predicted octanol–water partition coefficient (Wildman–Crippen LogP) is 10.1. The molecule has 73 heavy (non-hydrogen) atoms. The van der Waals surface area contributed by atoms with Gasteiger partial charge in [-0.3, -0.25) is 54.4 Å². The van der Waals surface area contributed by atoms with Crippen LogP contribution in [-0.4, -0.2) is 124 Å².